The number of hydrogen-bond donors (Lipinski definition) is 1. The maximum atomic E-state index is 4.25. The quantitative estimate of drug-likeness (QED) is 0.894. The van der Waals surface area contributed by atoms with Gasteiger partial charge in [-0.1, -0.05) is 6.92 Å². The molecule has 1 unspecified atom stereocenters. The fraction of sp³-hybridized carbons (Fsp3) is 0.429. The first-order chi connectivity index (χ1) is 9.13. The van der Waals surface area contributed by atoms with E-state index in [4.69, 9.17) is 0 Å². The third kappa shape index (κ3) is 3.41. The van der Waals surface area contributed by atoms with Gasteiger partial charge >= 0.3 is 0 Å². The molecule has 2 aromatic heterocycles. The number of rotatable bonds is 5. The van der Waals surface area contributed by atoms with Gasteiger partial charge in [-0.25, -0.2) is 0 Å². The molecule has 0 aromatic carbocycles. The second-order valence-electron chi connectivity index (χ2n) is 4.55. The second-order valence-corrected chi connectivity index (χ2v) is 6.35. The molecule has 5 heteroatoms. The van der Waals surface area contributed by atoms with E-state index in [0.717, 1.165) is 28.8 Å². The van der Waals surface area contributed by atoms with E-state index in [9.17, 15) is 0 Å². The summed E-state index contributed by atoms with van der Waals surface area (Å²) in [6.45, 7) is 7.16. The van der Waals surface area contributed by atoms with Crippen LogP contribution in [0.2, 0.25) is 0 Å². The highest BCUT2D eigenvalue weighted by atomic mass is 79.9. The molecular weight excluding hydrogens is 322 g/mol. The van der Waals surface area contributed by atoms with Crippen molar-refractivity contribution >= 4 is 27.3 Å². The molecule has 0 bridgehead atoms. The van der Waals surface area contributed by atoms with Gasteiger partial charge in [0.25, 0.3) is 0 Å². The SMILES string of the molecule is CCCNC(c1cc(C)nnc1C)c1sccc1Br. The summed E-state index contributed by atoms with van der Waals surface area (Å²) in [4.78, 5) is 1.30. The monoisotopic (exact) mass is 339 g/mol. The van der Waals surface area contributed by atoms with Crippen LogP contribution in [-0.2, 0) is 0 Å². The summed E-state index contributed by atoms with van der Waals surface area (Å²) in [6.07, 6.45) is 1.11. The molecule has 2 aromatic rings. The van der Waals surface area contributed by atoms with Crippen LogP contribution in [0.5, 0.6) is 0 Å². The lowest BCUT2D eigenvalue weighted by Gasteiger charge is -2.20. The fourth-order valence-electron chi connectivity index (χ4n) is 2.01. The van der Waals surface area contributed by atoms with Crippen LogP contribution in [0.4, 0.5) is 0 Å². The Hall–Kier alpha value is -0.780. The first kappa shape index (κ1) is 14.6. The lowest BCUT2D eigenvalue weighted by molar-refractivity contribution is 0.597. The average molecular weight is 340 g/mol. The van der Waals surface area contributed by atoms with E-state index in [0.29, 0.717) is 0 Å². The first-order valence-electron chi connectivity index (χ1n) is 6.40. The van der Waals surface area contributed by atoms with E-state index in [1.165, 1.54) is 10.4 Å². The highest BCUT2D eigenvalue weighted by Crippen LogP contribution is 2.34. The lowest BCUT2D eigenvalue weighted by atomic mass is 10.0. The summed E-state index contributed by atoms with van der Waals surface area (Å²) < 4.78 is 1.15. The number of aromatic nitrogens is 2. The zero-order valence-corrected chi connectivity index (χ0v) is 13.8. The van der Waals surface area contributed by atoms with Crippen LogP contribution >= 0.6 is 27.3 Å². The van der Waals surface area contributed by atoms with E-state index in [2.05, 4.69) is 55.9 Å². The molecule has 0 saturated heterocycles. The summed E-state index contributed by atoms with van der Waals surface area (Å²) >= 11 is 5.39. The van der Waals surface area contributed by atoms with Crippen LogP contribution in [0.3, 0.4) is 0 Å². The fourth-order valence-corrected chi connectivity index (χ4v) is 3.70. The van der Waals surface area contributed by atoms with Crippen molar-refractivity contribution in [1.82, 2.24) is 15.5 Å². The second kappa shape index (κ2) is 6.59. The molecule has 0 saturated carbocycles. The van der Waals surface area contributed by atoms with Crippen molar-refractivity contribution in [2.24, 2.45) is 0 Å². The number of thiophene rings is 1. The molecule has 102 valence electrons. The topological polar surface area (TPSA) is 37.8 Å². The molecule has 19 heavy (non-hydrogen) atoms. The third-order valence-corrected chi connectivity index (χ3v) is 4.89. The largest absolute Gasteiger partial charge is 0.306 e. The van der Waals surface area contributed by atoms with Gasteiger partial charge in [0.05, 0.1) is 17.4 Å². The average Bonchev–Trinajstić information content (AvgIpc) is 2.80. The number of hydrogen-bond acceptors (Lipinski definition) is 4. The maximum Gasteiger partial charge on any atom is 0.0701 e. The van der Waals surface area contributed by atoms with Gasteiger partial charge in [-0.05, 0) is 65.8 Å². The van der Waals surface area contributed by atoms with Crippen LogP contribution in [0.15, 0.2) is 22.0 Å². The number of nitrogens with one attached hydrogen (secondary N) is 1. The van der Waals surface area contributed by atoms with Gasteiger partial charge in [0.15, 0.2) is 0 Å². The van der Waals surface area contributed by atoms with Crippen LogP contribution in [0.1, 0.15) is 41.2 Å². The minimum atomic E-state index is 0.184. The highest BCUT2D eigenvalue weighted by molar-refractivity contribution is 9.10. The molecule has 1 atom stereocenters. The molecular formula is C14H18BrN3S. The van der Waals surface area contributed by atoms with E-state index in [1.54, 1.807) is 11.3 Å². The van der Waals surface area contributed by atoms with Crippen molar-refractivity contribution in [3.63, 3.8) is 0 Å². The molecule has 0 aliphatic heterocycles. The predicted octanol–water partition coefficient (Wildman–Crippen LogP) is 4.01. The van der Waals surface area contributed by atoms with Gasteiger partial charge in [-0.3, -0.25) is 0 Å². The van der Waals surface area contributed by atoms with Crippen LogP contribution in [0.25, 0.3) is 0 Å². The summed E-state index contributed by atoms with van der Waals surface area (Å²) in [5, 5.41) is 14.1. The molecule has 2 heterocycles. The lowest BCUT2D eigenvalue weighted by Crippen LogP contribution is -2.24. The van der Waals surface area contributed by atoms with Gasteiger partial charge in [0.1, 0.15) is 0 Å². The Labute approximate surface area is 126 Å². The van der Waals surface area contributed by atoms with Gasteiger partial charge in [0.2, 0.25) is 0 Å². The Morgan fingerprint density at radius 1 is 1.37 bits per heavy atom. The molecule has 0 radical (unpaired) electrons. The molecule has 0 aliphatic rings. The number of halogens is 1. The minimum absolute atomic E-state index is 0.184. The van der Waals surface area contributed by atoms with Gasteiger partial charge in [-0.2, -0.15) is 10.2 Å². The van der Waals surface area contributed by atoms with Crippen molar-refractivity contribution in [3.05, 3.63) is 43.8 Å². The predicted molar refractivity (Wildman–Crippen MR) is 83.7 cm³/mol. The Bertz CT molecular complexity index is 553. The molecule has 3 nitrogen and oxygen atoms in total. The number of nitrogens with zero attached hydrogens (tertiary/aromatic N) is 2. The normalized spacial score (nSPS) is 12.6. The third-order valence-electron chi connectivity index (χ3n) is 2.96. The molecule has 0 fully saturated rings. The van der Waals surface area contributed by atoms with Crippen molar-refractivity contribution in [2.75, 3.05) is 6.54 Å². The van der Waals surface area contributed by atoms with E-state index < -0.39 is 0 Å². The summed E-state index contributed by atoms with van der Waals surface area (Å²) in [5.74, 6) is 0. The van der Waals surface area contributed by atoms with Crippen molar-refractivity contribution in [3.8, 4) is 0 Å². The Kier molecular flexibility index (Phi) is 5.07. The molecule has 0 aliphatic carbocycles. The molecule has 0 spiro atoms. The smallest absolute Gasteiger partial charge is 0.0701 e. The van der Waals surface area contributed by atoms with Crippen LogP contribution in [0, 0.1) is 13.8 Å². The Morgan fingerprint density at radius 3 is 2.79 bits per heavy atom. The zero-order valence-electron chi connectivity index (χ0n) is 11.4. The minimum Gasteiger partial charge on any atom is -0.306 e. The number of aryl methyl sites for hydroxylation is 2. The zero-order chi connectivity index (χ0) is 13.8. The summed E-state index contributed by atoms with van der Waals surface area (Å²) in [5.41, 5.74) is 3.15. The molecule has 2 rings (SSSR count). The van der Waals surface area contributed by atoms with E-state index >= 15 is 0 Å². The summed E-state index contributed by atoms with van der Waals surface area (Å²) in [6, 6.07) is 4.41. The van der Waals surface area contributed by atoms with Crippen molar-refractivity contribution < 1.29 is 0 Å². The van der Waals surface area contributed by atoms with E-state index in [1.807, 2.05) is 13.8 Å². The first-order valence-corrected chi connectivity index (χ1v) is 8.07. The Balaban J connectivity index is 2.42. The van der Waals surface area contributed by atoms with Gasteiger partial charge in [-0.15, -0.1) is 11.3 Å². The summed E-state index contributed by atoms with van der Waals surface area (Å²) in [7, 11) is 0. The maximum absolute atomic E-state index is 4.25. The molecule has 1 N–H and O–H groups in total. The Morgan fingerprint density at radius 2 is 2.16 bits per heavy atom. The van der Waals surface area contributed by atoms with E-state index in [-0.39, 0.29) is 6.04 Å². The van der Waals surface area contributed by atoms with Gasteiger partial charge < -0.3 is 5.32 Å². The van der Waals surface area contributed by atoms with Gasteiger partial charge in [0, 0.05) is 9.35 Å². The van der Waals surface area contributed by atoms with Crippen molar-refractivity contribution in [1.29, 1.82) is 0 Å². The highest BCUT2D eigenvalue weighted by Gasteiger charge is 2.20. The van der Waals surface area contributed by atoms with Crippen LogP contribution < -0.4 is 5.32 Å². The standard InChI is InChI=1S/C14H18BrN3S/c1-4-6-16-13(14-12(15)5-7-19-14)11-8-9(2)17-18-10(11)3/h5,7-8,13,16H,4,6H2,1-3H3. The van der Waals surface area contributed by atoms with Crippen LogP contribution in [-0.4, -0.2) is 16.7 Å². The van der Waals surface area contributed by atoms with Crippen molar-refractivity contribution in [2.45, 2.75) is 33.2 Å². The molecule has 0 amide bonds.